The first-order valence-electron chi connectivity index (χ1n) is 7.62. The summed E-state index contributed by atoms with van der Waals surface area (Å²) in [5.41, 5.74) is 1.78. The number of hydrogen-bond acceptors (Lipinski definition) is 3. The summed E-state index contributed by atoms with van der Waals surface area (Å²) in [6, 6.07) is 15.1. The maximum atomic E-state index is 12.1. The quantitative estimate of drug-likeness (QED) is 0.804. The number of halogens is 2. The Kier molecular flexibility index (Phi) is 6.43. The highest BCUT2D eigenvalue weighted by molar-refractivity contribution is 5.92. The van der Waals surface area contributed by atoms with Gasteiger partial charge in [-0.3, -0.25) is 4.79 Å². The highest BCUT2D eigenvalue weighted by atomic mass is 19.3. The predicted octanol–water partition coefficient (Wildman–Crippen LogP) is 1.81. The number of nitrogens with zero attached hydrogens (tertiary/aromatic N) is 1. The van der Waals surface area contributed by atoms with Gasteiger partial charge in [0.25, 0.3) is 5.91 Å². The normalized spacial score (nSPS) is 11.6. The standard InChI is InChI=1S/C18H17F2N3O2/c1-23(11-13-6-8-15(9-7-13)25-18(19)20)12-17(24)22-16-5-3-2-4-14(16)10-21/h2-9,18H,11-12H2,1H3,(H,22,24)/p+1. The summed E-state index contributed by atoms with van der Waals surface area (Å²) < 4.78 is 28.5. The molecule has 25 heavy (non-hydrogen) atoms. The number of quaternary nitrogens is 1. The Balaban J connectivity index is 1.88. The first-order valence-corrected chi connectivity index (χ1v) is 7.62. The number of ether oxygens (including phenoxy) is 1. The molecule has 1 amide bonds. The van der Waals surface area contributed by atoms with Crippen LogP contribution in [-0.2, 0) is 11.3 Å². The average molecular weight is 346 g/mol. The lowest BCUT2D eigenvalue weighted by Gasteiger charge is -2.14. The smallest absolute Gasteiger partial charge is 0.387 e. The van der Waals surface area contributed by atoms with E-state index in [-0.39, 0.29) is 18.2 Å². The molecule has 0 radical (unpaired) electrons. The Bertz CT molecular complexity index is 758. The van der Waals surface area contributed by atoms with Crippen LogP contribution < -0.4 is 15.0 Å². The van der Waals surface area contributed by atoms with E-state index in [1.165, 1.54) is 12.1 Å². The van der Waals surface area contributed by atoms with Crippen LogP contribution in [0, 0.1) is 11.3 Å². The minimum atomic E-state index is -2.85. The van der Waals surface area contributed by atoms with E-state index >= 15 is 0 Å². The second-order valence-corrected chi connectivity index (χ2v) is 5.54. The number of para-hydroxylation sites is 1. The molecule has 2 rings (SSSR count). The molecule has 2 N–H and O–H groups in total. The van der Waals surface area contributed by atoms with Crippen molar-refractivity contribution in [2.24, 2.45) is 0 Å². The molecule has 130 valence electrons. The Morgan fingerprint density at radius 2 is 1.92 bits per heavy atom. The maximum absolute atomic E-state index is 12.1. The van der Waals surface area contributed by atoms with Gasteiger partial charge < -0.3 is 15.0 Å². The van der Waals surface area contributed by atoms with E-state index in [9.17, 15) is 13.6 Å². The topological polar surface area (TPSA) is 66.6 Å². The summed E-state index contributed by atoms with van der Waals surface area (Å²) in [7, 11) is 1.85. The molecule has 0 spiro atoms. The van der Waals surface area contributed by atoms with Gasteiger partial charge in [0.1, 0.15) is 18.4 Å². The van der Waals surface area contributed by atoms with Gasteiger partial charge in [0.2, 0.25) is 0 Å². The zero-order valence-corrected chi connectivity index (χ0v) is 13.6. The van der Waals surface area contributed by atoms with Crippen LogP contribution in [0.5, 0.6) is 5.75 Å². The molecule has 5 nitrogen and oxygen atoms in total. The predicted molar refractivity (Wildman–Crippen MR) is 88.3 cm³/mol. The summed E-state index contributed by atoms with van der Waals surface area (Å²) in [6.45, 7) is -2.10. The molecule has 0 aromatic heterocycles. The molecule has 0 fully saturated rings. The number of carbonyl (C=O) groups is 1. The van der Waals surface area contributed by atoms with Crippen molar-refractivity contribution in [3.63, 3.8) is 0 Å². The molecule has 0 aliphatic heterocycles. The van der Waals surface area contributed by atoms with Gasteiger partial charge >= 0.3 is 6.61 Å². The Hall–Kier alpha value is -2.98. The number of amides is 1. The molecule has 7 heteroatoms. The molecule has 0 bridgehead atoms. The zero-order valence-electron chi connectivity index (χ0n) is 13.6. The van der Waals surface area contributed by atoms with Crippen molar-refractivity contribution in [3.8, 4) is 11.8 Å². The maximum Gasteiger partial charge on any atom is 0.387 e. The van der Waals surface area contributed by atoms with Crippen molar-refractivity contribution in [1.82, 2.24) is 0 Å². The fraction of sp³-hybridized carbons (Fsp3) is 0.222. The molecular formula is C18H18F2N3O2+. The third kappa shape index (κ3) is 5.86. The highest BCUT2D eigenvalue weighted by Gasteiger charge is 2.13. The van der Waals surface area contributed by atoms with Crippen molar-refractivity contribution in [2.45, 2.75) is 13.2 Å². The van der Waals surface area contributed by atoms with E-state index in [0.29, 0.717) is 17.8 Å². The van der Waals surface area contributed by atoms with Crippen molar-refractivity contribution in [1.29, 1.82) is 5.26 Å². The molecule has 0 aliphatic rings. The highest BCUT2D eigenvalue weighted by Crippen LogP contribution is 2.14. The van der Waals surface area contributed by atoms with Gasteiger partial charge in [0.05, 0.1) is 18.3 Å². The van der Waals surface area contributed by atoms with Gasteiger partial charge in [-0.2, -0.15) is 14.0 Å². The Morgan fingerprint density at radius 3 is 2.56 bits per heavy atom. The lowest BCUT2D eigenvalue weighted by Crippen LogP contribution is -3.08. The van der Waals surface area contributed by atoms with Crippen LogP contribution in [-0.4, -0.2) is 26.1 Å². The fourth-order valence-corrected chi connectivity index (χ4v) is 2.36. The number of benzene rings is 2. The van der Waals surface area contributed by atoms with Crippen LogP contribution in [0.4, 0.5) is 14.5 Å². The summed E-state index contributed by atoms with van der Waals surface area (Å²) in [5, 5.41) is 11.7. The molecule has 1 unspecified atom stereocenters. The van der Waals surface area contributed by atoms with Gasteiger partial charge in [-0.05, 0) is 36.4 Å². The van der Waals surface area contributed by atoms with Crippen molar-refractivity contribution < 1.29 is 23.2 Å². The number of anilines is 1. The number of hydrogen-bond donors (Lipinski definition) is 2. The molecule has 0 heterocycles. The van der Waals surface area contributed by atoms with Crippen LogP contribution in [0.25, 0.3) is 0 Å². The van der Waals surface area contributed by atoms with Gasteiger partial charge in [-0.25, -0.2) is 0 Å². The summed E-state index contributed by atoms with van der Waals surface area (Å²) >= 11 is 0. The molecular weight excluding hydrogens is 328 g/mol. The second kappa shape index (κ2) is 8.76. The first-order chi connectivity index (χ1) is 12.0. The van der Waals surface area contributed by atoms with Crippen LogP contribution >= 0.6 is 0 Å². The van der Waals surface area contributed by atoms with Crippen LogP contribution in [0.15, 0.2) is 48.5 Å². The zero-order chi connectivity index (χ0) is 18.2. The Labute approximate surface area is 144 Å². The van der Waals surface area contributed by atoms with Crippen LogP contribution in [0.2, 0.25) is 0 Å². The number of nitrogens with one attached hydrogen (secondary N) is 2. The van der Waals surface area contributed by atoms with Gasteiger partial charge in [0, 0.05) is 5.56 Å². The van der Waals surface area contributed by atoms with Crippen molar-refractivity contribution in [2.75, 3.05) is 18.9 Å². The minimum absolute atomic E-state index is 0.0993. The van der Waals surface area contributed by atoms with E-state index in [1.54, 1.807) is 36.4 Å². The summed E-state index contributed by atoms with van der Waals surface area (Å²) in [6.07, 6.45) is 0. The second-order valence-electron chi connectivity index (χ2n) is 5.54. The Morgan fingerprint density at radius 1 is 1.24 bits per heavy atom. The van der Waals surface area contributed by atoms with Crippen molar-refractivity contribution in [3.05, 3.63) is 59.7 Å². The number of carbonyl (C=O) groups excluding carboxylic acids is 1. The fourth-order valence-electron chi connectivity index (χ4n) is 2.36. The third-order valence-electron chi connectivity index (χ3n) is 3.44. The SMILES string of the molecule is C[NH+](CC(=O)Nc1ccccc1C#N)Cc1ccc(OC(F)F)cc1. The largest absolute Gasteiger partial charge is 0.435 e. The number of alkyl halides is 2. The third-order valence-corrected chi connectivity index (χ3v) is 3.44. The molecule has 0 aliphatic carbocycles. The lowest BCUT2D eigenvalue weighted by molar-refractivity contribution is -0.885. The van der Waals surface area contributed by atoms with Crippen molar-refractivity contribution >= 4 is 11.6 Å². The molecule has 1 atom stereocenters. The van der Waals surface area contributed by atoms with Crippen LogP contribution in [0.3, 0.4) is 0 Å². The molecule has 2 aromatic carbocycles. The number of nitriles is 1. The summed E-state index contributed by atoms with van der Waals surface area (Å²) in [5.74, 6) is -0.111. The van der Waals surface area contributed by atoms with Crippen LogP contribution in [0.1, 0.15) is 11.1 Å². The molecule has 0 saturated carbocycles. The monoisotopic (exact) mass is 346 g/mol. The van der Waals surface area contributed by atoms with E-state index in [4.69, 9.17) is 5.26 Å². The molecule has 0 saturated heterocycles. The summed E-state index contributed by atoms with van der Waals surface area (Å²) in [4.78, 5) is 13.0. The van der Waals surface area contributed by atoms with Gasteiger partial charge in [0.15, 0.2) is 6.54 Å². The molecule has 2 aromatic rings. The average Bonchev–Trinajstić information content (AvgIpc) is 2.56. The van der Waals surface area contributed by atoms with E-state index < -0.39 is 6.61 Å². The number of likely N-dealkylation sites (N-methyl/N-ethyl adjacent to an activating group) is 1. The first kappa shape index (κ1) is 18.4. The van der Waals surface area contributed by atoms with E-state index in [2.05, 4.69) is 10.1 Å². The van der Waals surface area contributed by atoms with E-state index in [0.717, 1.165) is 10.5 Å². The van der Waals surface area contributed by atoms with E-state index in [1.807, 2.05) is 13.1 Å². The minimum Gasteiger partial charge on any atom is -0.435 e. The van der Waals surface area contributed by atoms with Gasteiger partial charge in [-0.15, -0.1) is 0 Å². The number of rotatable bonds is 7. The lowest BCUT2D eigenvalue weighted by atomic mass is 10.2. The van der Waals surface area contributed by atoms with Gasteiger partial charge in [-0.1, -0.05) is 12.1 Å².